The Morgan fingerprint density at radius 3 is 0.867 bits per heavy atom. The largest absolute Gasteiger partial charge is 0.462 e. The second-order valence-electron chi connectivity index (χ2n) is 21.3. The van der Waals surface area contributed by atoms with E-state index < -0.39 is 6.10 Å². The number of carbonyl (C=O) groups is 3. The maximum Gasteiger partial charge on any atom is 0.306 e. The lowest BCUT2D eigenvalue weighted by atomic mass is 10.0. The predicted octanol–water partition coefficient (Wildman–Crippen LogP) is 21.9. The van der Waals surface area contributed by atoms with Crippen molar-refractivity contribution >= 4 is 17.9 Å². The Morgan fingerprint density at radius 1 is 0.280 bits per heavy atom. The molecule has 0 heterocycles. The summed E-state index contributed by atoms with van der Waals surface area (Å²) in [5.74, 6) is -0.884. The molecule has 0 rings (SSSR count). The normalized spacial score (nSPS) is 12.6. The highest BCUT2D eigenvalue weighted by Crippen LogP contribution is 2.17. The zero-order valence-corrected chi connectivity index (χ0v) is 49.6. The van der Waals surface area contributed by atoms with Crippen molar-refractivity contribution in [3.05, 3.63) is 85.1 Å². The Balaban J connectivity index is 4.27. The van der Waals surface area contributed by atoms with Gasteiger partial charge in [0.2, 0.25) is 0 Å². The second-order valence-corrected chi connectivity index (χ2v) is 21.3. The fraction of sp³-hybridized carbons (Fsp3) is 0.754. The molecule has 0 fully saturated rings. The Bertz CT molecular complexity index is 1430. The third kappa shape index (κ3) is 61.3. The first-order valence-corrected chi connectivity index (χ1v) is 32.1. The number of ether oxygens (including phenoxy) is 3. The number of hydrogen-bond donors (Lipinski definition) is 0. The highest BCUT2D eigenvalue weighted by atomic mass is 16.6. The summed E-state index contributed by atoms with van der Waals surface area (Å²) in [6, 6.07) is 0. The van der Waals surface area contributed by atoms with Crippen molar-refractivity contribution in [2.45, 2.75) is 322 Å². The molecule has 75 heavy (non-hydrogen) atoms. The van der Waals surface area contributed by atoms with Crippen LogP contribution in [0.25, 0.3) is 0 Å². The minimum absolute atomic E-state index is 0.0806. The lowest BCUT2D eigenvalue weighted by molar-refractivity contribution is -0.167. The molecule has 6 nitrogen and oxygen atoms in total. The van der Waals surface area contributed by atoms with Crippen LogP contribution in [0.2, 0.25) is 0 Å². The highest BCUT2D eigenvalue weighted by molar-refractivity contribution is 5.71. The molecule has 1 atom stereocenters. The van der Waals surface area contributed by atoms with Crippen molar-refractivity contribution in [3.63, 3.8) is 0 Å². The third-order valence-corrected chi connectivity index (χ3v) is 13.9. The molecular weight excluding hydrogens is 925 g/mol. The van der Waals surface area contributed by atoms with E-state index in [4.69, 9.17) is 14.2 Å². The van der Waals surface area contributed by atoms with Gasteiger partial charge in [0.15, 0.2) is 6.10 Å². The second kappa shape index (κ2) is 63.1. The van der Waals surface area contributed by atoms with E-state index in [1.807, 2.05) is 0 Å². The molecule has 0 N–H and O–H groups in total. The van der Waals surface area contributed by atoms with Gasteiger partial charge in [-0.25, -0.2) is 0 Å². The molecule has 0 aliphatic heterocycles. The van der Waals surface area contributed by atoms with Crippen LogP contribution in [-0.2, 0) is 28.6 Å². The molecule has 0 bridgehead atoms. The van der Waals surface area contributed by atoms with Crippen molar-refractivity contribution < 1.29 is 28.6 Å². The minimum Gasteiger partial charge on any atom is -0.462 e. The van der Waals surface area contributed by atoms with Crippen molar-refractivity contribution in [1.29, 1.82) is 0 Å². The molecule has 0 amide bonds. The number of allylic oxidation sites excluding steroid dienone is 14. The molecule has 0 aromatic rings. The van der Waals surface area contributed by atoms with Gasteiger partial charge in [-0.15, -0.1) is 0 Å². The van der Waals surface area contributed by atoms with Gasteiger partial charge in [0, 0.05) is 19.3 Å². The van der Waals surface area contributed by atoms with Gasteiger partial charge in [-0.3, -0.25) is 14.4 Å². The van der Waals surface area contributed by atoms with Gasteiger partial charge < -0.3 is 14.2 Å². The first-order chi connectivity index (χ1) is 37.0. The van der Waals surface area contributed by atoms with Crippen LogP contribution in [0.5, 0.6) is 0 Å². The van der Waals surface area contributed by atoms with Crippen LogP contribution in [0, 0.1) is 0 Å². The average Bonchev–Trinajstić information content (AvgIpc) is 3.41. The van der Waals surface area contributed by atoms with E-state index in [1.165, 1.54) is 167 Å². The summed E-state index contributed by atoms with van der Waals surface area (Å²) in [7, 11) is 0. The molecule has 0 aliphatic carbocycles. The summed E-state index contributed by atoms with van der Waals surface area (Å²) in [6.07, 6.45) is 83.1. The van der Waals surface area contributed by atoms with Crippen LogP contribution in [-0.4, -0.2) is 37.2 Å². The van der Waals surface area contributed by atoms with Gasteiger partial charge >= 0.3 is 17.9 Å². The molecule has 6 heteroatoms. The first kappa shape index (κ1) is 71.6. The third-order valence-electron chi connectivity index (χ3n) is 13.9. The van der Waals surface area contributed by atoms with Crippen LogP contribution in [0.1, 0.15) is 316 Å². The number of esters is 3. The van der Waals surface area contributed by atoms with Gasteiger partial charge in [-0.05, 0) is 89.9 Å². The fourth-order valence-electron chi connectivity index (χ4n) is 9.08. The van der Waals surface area contributed by atoms with Crippen molar-refractivity contribution in [1.82, 2.24) is 0 Å². The van der Waals surface area contributed by atoms with Gasteiger partial charge in [-0.2, -0.15) is 0 Å². The summed E-state index contributed by atoms with van der Waals surface area (Å²) in [4.78, 5) is 38.2. The van der Waals surface area contributed by atoms with Crippen molar-refractivity contribution in [2.24, 2.45) is 0 Å². The number of hydrogen-bond acceptors (Lipinski definition) is 6. The van der Waals surface area contributed by atoms with E-state index in [1.54, 1.807) is 0 Å². The summed E-state index contributed by atoms with van der Waals surface area (Å²) in [5, 5.41) is 0. The van der Waals surface area contributed by atoms with E-state index in [0.717, 1.165) is 109 Å². The molecule has 0 saturated heterocycles. The fourth-order valence-corrected chi connectivity index (χ4v) is 9.08. The lowest BCUT2D eigenvalue weighted by Crippen LogP contribution is -2.30. The molecule has 0 aromatic heterocycles. The lowest BCUT2D eigenvalue weighted by Gasteiger charge is -2.18. The van der Waals surface area contributed by atoms with Gasteiger partial charge in [0.25, 0.3) is 0 Å². The number of rotatable bonds is 58. The zero-order chi connectivity index (χ0) is 54.3. The smallest absolute Gasteiger partial charge is 0.306 e. The predicted molar refractivity (Wildman–Crippen MR) is 325 cm³/mol. The number of carbonyl (C=O) groups excluding carboxylic acids is 3. The topological polar surface area (TPSA) is 78.9 Å². The molecule has 0 spiro atoms. The molecule has 0 radical (unpaired) electrons. The summed E-state index contributed by atoms with van der Waals surface area (Å²) in [5.41, 5.74) is 0. The molecular formula is C69H120O6. The summed E-state index contributed by atoms with van der Waals surface area (Å²) in [6.45, 7) is 6.51. The molecule has 0 saturated carbocycles. The molecule has 0 aromatic carbocycles. The maximum atomic E-state index is 12.9. The average molecular weight is 1050 g/mol. The van der Waals surface area contributed by atoms with Crippen molar-refractivity contribution in [3.8, 4) is 0 Å². The maximum absolute atomic E-state index is 12.9. The van der Waals surface area contributed by atoms with Crippen LogP contribution in [0.3, 0.4) is 0 Å². The summed E-state index contributed by atoms with van der Waals surface area (Å²) < 4.78 is 16.9. The van der Waals surface area contributed by atoms with Gasteiger partial charge in [-0.1, -0.05) is 292 Å². The van der Waals surface area contributed by atoms with Gasteiger partial charge in [0.1, 0.15) is 13.2 Å². The minimum atomic E-state index is -0.782. The standard InChI is InChI=1S/C69H120O6/c1-4-7-10-13-16-19-22-24-26-28-30-31-32-33-34-35-36-37-39-40-42-44-47-50-53-56-59-62-68(71)74-65-66(64-73-67(70)61-58-55-52-49-46-21-18-15-12-9-6-3)75-69(72)63-60-57-54-51-48-45-43-41-38-29-27-25-23-20-17-14-11-8-5-2/h7,10,15-16,18-19,24,26,30-31,33-34,36-37,66H,4-6,8-9,11-14,17,20-23,25,27-29,32,35,38-65H2,1-3H3/b10-7-,18-15-,19-16-,26-24-,31-30-,34-33-,37-36-. The Hall–Kier alpha value is -3.41. The van der Waals surface area contributed by atoms with E-state index in [-0.39, 0.29) is 31.1 Å². The van der Waals surface area contributed by atoms with Crippen LogP contribution >= 0.6 is 0 Å². The Kier molecular flexibility index (Phi) is 60.3. The Morgan fingerprint density at radius 2 is 0.533 bits per heavy atom. The monoisotopic (exact) mass is 1040 g/mol. The SMILES string of the molecule is CC/C=C\C/C=C\C/C=C\C/C=C\C/C=C\C/C=C\CCCCCCCCCCC(=O)OCC(COC(=O)CCCCCCC/C=C\CCCC)OC(=O)CCCCCCCCCCCCCCCCCCCCC. The van der Waals surface area contributed by atoms with Crippen molar-refractivity contribution in [2.75, 3.05) is 13.2 Å². The highest BCUT2D eigenvalue weighted by Gasteiger charge is 2.19. The molecule has 432 valence electrons. The quantitative estimate of drug-likeness (QED) is 0.0261. The van der Waals surface area contributed by atoms with E-state index >= 15 is 0 Å². The Labute approximate surface area is 465 Å². The van der Waals surface area contributed by atoms with E-state index in [9.17, 15) is 14.4 Å². The molecule has 0 aliphatic rings. The molecule has 1 unspecified atom stereocenters. The van der Waals surface area contributed by atoms with Crippen LogP contribution in [0.15, 0.2) is 85.1 Å². The van der Waals surface area contributed by atoms with Crippen LogP contribution < -0.4 is 0 Å². The van der Waals surface area contributed by atoms with Crippen LogP contribution in [0.4, 0.5) is 0 Å². The zero-order valence-electron chi connectivity index (χ0n) is 49.6. The van der Waals surface area contributed by atoms with E-state index in [0.29, 0.717) is 19.3 Å². The van der Waals surface area contributed by atoms with Gasteiger partial charge in [0.05, 0.1) is 0 Å². The van der Waals surface area contributed by atoms with E-state index in [2.05, 4.69) is 106 Å². The number of unbranched alkanes of at least 4 members (excludes halogenated alkanes) is 33. The first-order valence-electron chi connectivity index (χ1n) is 32.1. The summed E-state index contributed by atoms with van der Waals surface area (Å²) >= 11 is 0.